The number of imidazole rings is 1. The molecule has 18 heavy (non-hydrogen) atoms. The highest BCUT2D eigenvalue weighted by Gasteiger charge is 2.28. The summed E-state index contributed by atoms with van der Waals surface area (Å²) in [7, 11) is 0. The van der Waals surface area contributed by atoms with E-state index in [0.29, 0.717) is 11.6 Å². The van der Waals surface area contributed by atoms with Crippen LogP contribution in [-0.2, 0) is 6.42 Å². The number of para-hydroxylation sites is 1. The van der Waals surface area contributed by atoms with Gasteiger partial charge in [0, 0.05) is 19.0 Å². The summed E-state index contributed by atoms with van der Waals surface area (Å²) in [5, 5.41) is 3.30. The summed E-state index contributed by atoms with van der Waals surface area (Å²) < 4.78 is 16.0. The van der Waals surface area contributed by atoms with Crippen molar-refractivity contribution < 1.29 is 4.39 Å². The maximum absolute atomic E-state index is 13.8. The molecular weight excluding hydrogens is 229 g/mol. The summed E-state index contributed by atoms with van der Waals surface area (Å²) in [5.74, 6) is 0.801. The molecule has 4 heteroatoms. The lowest BCUT2D eigenvalue weighted by Crippen LogP contribution is -2.18. The normalized spacial score (nSPS) is 15.4. The molecule has 1 saturated carbocycles. The van der Waals surface area contributed by atoms with Gasteiger partial charge >= 0.3 is 0 Å². The molecule has 1 aliphatic rings. The maximum atomic E-state index is 13.8. The van der Waals surface area contributed by atoms with Gasteiger partial charge in [-0.1, -0.05) is 13.0 Å². The average Bonchev–Trinajstić information content (AvgIpc) is 3.12. The van der Waals surface area contributed by atoms with E-state index in [1.807, 2.05) is 6.07 Å². The summed E-state index contributed by atoms with van der Waals surface area (Å²) in [4.78, 5) is 4.49. The number of nitrogens with zero attached hydrogens (tertiary/aromatic N) is 2. The Hall–Kier alpha value is -1.42. The topological polar surface area (TPSA) is 29.9 Å². The van der Waals surface area contributed by atoms with Gasteiger partial charge in [-0.05, 0) is 31.5 Å². The second-order valence-corrected chi connectivity index (χ2v) is 4.84. The Kier molecular flexibility index (Phi) is 3.04. The molecule has 2 aromatic rings. The van der Waals surface area contributed by atoms with Crippen molar-refractivity contribution in [3.63, 3.8) is 0 Å². The van der Waals surface area contributed by atoms with E-state index in [-0.39, 0.29) is 5.82 Å². The number of benzene rings is 1. The molecule has 0 aliphatic heterocycles. The molecule has 96 valence electrons. The van der Waals surface area contributed by atoms with E-state index in [0.717, 1.165) is 30.9 Å². The largest absolute Gasteiger partial charge is 0.325 e. The Morgan fingerprint density at radius 2 is 2.28 bits per heavy atom. The fourth-order valence-corrected chi connectivity index (χ4v) is 2.42. The molecule has 0 amide bonds. The van der Waals surface area contributed by atoms with Gasteiger partial charge in [0.05, 0.1) is 5.52 Å². The van der Waals surface area contributed by atoms with Crippen molar-refractivity contribution in [3.05, 3.63) is 29.8 Å². The first-order chi connectivity index (χ1) is 8.81. The molecular formula is C14H18FN3. The van der Waals surface area contributed by atoms with Crippen molar-refractivity contribution >= 4 is 11.0 Å². The molecule has 1 aliphatic carbocycles. The minimum absolute atomic E-state index is 0.211. The summed E-state index contributed by atoms with van der Waals surface area (Å²) in [6.45, 7) is 3.94. The number of hydrogen-bond donors (Lipinski definition) is 1. The molecule has 1 aromatic heterocycles. The number of fused-ring (bicyclic) bond motifs is 1. The van der Waals surface area contributed by atoms with Crippen LogP contribution in [0.15, 0.2) is 18.2 Å². The van der Waals surface area contributed by atoms with Gasteiger partial charge in [0.25, 0.3) is 0 Å². The zero-order valence-corrected chi connectivity index (χ0v) is 10.6. The van der Waals surface area contributed by atoms with Crippen LogP contribution < -0.4 is 5.32 Å². The third-order valence-corrected chi connectivity index (χ3v) is 3.43. The second-order valence-electron chi connectivity index (χ2n) is 4.84. The minimum Gasteiger partial charge on any atom is -0.325 e. The number of halogens is 1. The van der Waals surface area contributed by atoms with E-state index in [1.54, 1.807) is 6.07 Å². The molecule has 0 atom stereocenters. The van der Waals surface area contributed by atoms with Gasteiger partial charge in [-0.15, -0.1) is 0 Å². The van der Waals surface area contributed by atoms with Crippen LogP contribution >= 0.6 is 0 Å². The van der Waals surface area contributed by atoms with Gasteiger partial charge in [0.2, 0.25) is 0 Å². The Morgan fingerprint density at radius 1 is 1.44 bits per heavy atom. The zero-order chi connectivity index (χ0) is 12.5. The number of nitrogens with one attached hydrogen (secondary N) is 1. The predicted molar refractivity (Wildman–Crippen MR) is 70.2 cm³/mol. The van der Waals surface area contributed by atoms with Gasteiger partial charge in [0.1, 0.15) is 11.3 Å². The maximum Gasteiger partial charge on any atom is 0.151 e. The summed E-state index contributed by atoms with van der Waals surface area (Å²) in [5.41, 5.74) is 1.47. The summed E-state index contributed by atoms with van der Waals surface area (Å²) in [6, 6.07) is 5.77. The van der Waals surface area contributed by atoms with Crippen molar-refractivity contribution in [1.29, 1.82) is 0 Å². The number of rotatable bonds is 5. The highest BCUT2D eigenvalue weighted by atomic mass is 19.1. The Morgan fingerprint density at radius 3 is 3.00 bits per heavy atom. The van der Waals surface area contributed by atoms with Crippen LogP contribution in [0.25, 0.3) is 11.0 Å². The fourth-order valence-electron chi connectivity index (χ4n) is 2.42. The molecule has 3 nitrogen and oxygen atoms in total. The summed E-state index contributed by atoms with van der Waals surface area (Å²) in [6.07, 6.45) is 3.24. The van der Waals surface area contributed by atoms with E-state index >= 15 is 0 Å². The predicted octanol–water partition coefficient (Wildman–Crippen LogP) is 2.66. The smallest absolute Gasteiger partial charge is 0.151 e. The quantitative estimate of drug-likeness (QED) is 0.823. The highest BCUT2D eigenvalue weighted by Crippen LogP contribution is 2.39. The monoisotopic (exact) mass is 247 g/mol. The molecule has 3 rings (SSSR count). The Balaban J connectivity index is 2.01. The van der Waals surface area contributed by atoms with Crippen molar-refractivity contribution in [2.75, 3.05) is 13.1 Å². The Bertz CT molecular complexity index is 557. The molecule has 0 radical (unpaired) electrons. The molecule has 1 fully saturated rings. The minimum atomic E-state index is -0.211. The van der Waals surface area contributed by atoms with E-state index in [1.165, 1.54) is 18.9 Å². The second kappa shape index (κ2) is 4.69. The van der Waals surface area contributed by atoms with Crippen molar-refractivity contribution in [1.82, 2.24) is 14.9 Å². The third kappa shape index (κ3) is 2.01. The van der Waals surface area contributed by atoms with Crippen LogP contribution in [0, 0.1) is 5.82 Å². The summed E-state index contributed by atoms with van der Waals surface area (Å²) >= 11 is 0. The van der Waals surface area contributed by atoms with Gasteiger partial charge in [-0.25, -0.2) is 9.37 Å². The molecule has 1 N–H and O–H groups in total. The lowest BCUT2D eigenvalue weighted by Gasteiger charge is -2.07. The van der Waals surface area contributed by atoms with Gasteiger partial charge < -0.3 is 9.88 Å². The molecule has 0 spiro atoms. The van der Waals surface area contributed by atoms with Crippen LogP contribution in [0.2, 0.25) is 0 Å². The van der Waals surface area contributed by atoms with Crippen LogP contribution in [-0.4, -0.2) is 22.6 Å². The van der Waals surface area contributed by atoms with Crippen LogP contribution in [0.1, 0.15) is 31.6 Å². The molecule has 1 heterocycles. The van der Waals surface area contributed by atoms with Gasteiger partial charge in [-0.3, -0.25) is 0 Å². The zero-order valence-electron chi connectivity index (χ0n) is 10.6. The van der Waals surface area contributed by atoms with E-state index < -0.39 is 0 Å². The first-order valence-corrected chi connectivity index (χ1v) is 6.67. The van der Waals surface area contributed by atoms with E-state index in [4.69, 9.17) is 0 Å². The fraction of sp³-hybridized carbons (Fsp3) is 0.500. The van der Waals surface area contributed by atoms with Crippen LogP contribution in [0.4, 0.5) is 4.39 Å². The van der Waals surface area contributed by atoms with E-state index in [2.05, 4.69) is 21.8 Å². The number of hydrogen-bond acceptors (Lipinski definition) is 2. The SMILES string of the molecule is CCNCCc1nc2c(F)cccc2n1C1CC1. The lowest BCUT2D eigenvalue weighted by molar-refractivity contribution is 0.636. The van der Waals surface area contributed by atoms with Gasteiger partial charge in [-0.2, -0.15) is 0 Å². The molecule has 0 saturated heterocycles. The first kappa shape index (κ1) is 11.7. The van der Waals surface area contributed by atoms with Crippen LogP contribution in [0.5, 0.6) is 0 Å². The van der Waals surface area contributed by atoms with Crippen molar-refractivity contribution in [2.24, 2.45) is 0 Å². The van der Waals surface area contributed by atoms with Crippen molar-refractivity contribution in [3.8, 4) is 0 Å². The standard InChI is InChI=1S/C14H18FN3/c1-2-16-9-8-13-17-14-11(15)4-3-5-12(14)18(13)10-6-7-10/h3-5,10,16H,2,6-9H2,1H3. The Labute approximate surface area is 106 Å². The highest BCUT2D eigenvalue weighted by molar-refractivity contribution is 5.77. The van der Waals surface area contributed by atoms with Crippen molar-refractivity contribution in [2.45, 2.75) is 32.2 Å². The van der Waals surface area contributed by atoms with Gasteiger partial charge in [0.15, 0.2) is 5.82 Å². The molecule has 0 unspecified atom stereocenters. The molecule has 0 bridgehead atoms. The average molecular weight is 247 g/mol. The molecule has 1 aromatic carbocycles. The third-order valence-electron chi connectivity index (χ3n) is 3.43. The lowest BCUT2D eigenvalue weighted by atomic mass is 10.3. The number of likely N-dealkylation sites (N-methyl/N-ethyl adjacent to an activating group) is 1. The number of aromatic nitrogens is 2. The van der Waals surface area contributed by atoms with Crippen LogP contribution in [0.3, 0.4) is 0 Å². The first-order valence-electron chi connectivity index (χ1n) is 6.67. The van der Waals surface area contributed by atoms with E-state index in [9.17, 15) is 4.39 Å².